The molecule has 0 atom stereocenters. The number of ether oxygens (including phenoxy) is 1. The van der Waals surface area contributed by atoms with E-state index in [0.29, 0.717) is 0 Å². The molecule has 0 fully saturated rings. The number of hydrogen-bond acceptors (Lipinski definition) is 2. The molecule has 0 amide bonds. The fourth-order valence-corrected chi connectivity index (χ4v) is 3.92. The van der Waals surface area contributed by atoms with Gasteiger partial charge >= 0.3 is 106 Å². The fourth-order valence-electron chi connectivity index (χ4n) is 2.62. The van der Waals surface area contributed by atoms with Gasteiger partial charge in [0.2, 0.25) is 0 Å². The molecule has 0 spiro atoms. The quantitative estimate of drug-likeness (QED) is 0.243. The van der Waals surface area contributed by atoms with E-state index in [4.69, 9.17) is 4.74 Å². The number of hydrogen-bond donors (Lipinski definition) is 0. The molecular formula is C21H25I2N3OPt. The zero-order valence-electron chi connectivity index (χ0n) is 16.4. The summed E-state index contributed by atoms with van der Waals surface area (Å²) < 4.78 is 12.9. The summed E-state index contributed by atoms with van der Waals surface area (Å²) in [7, 11) is 3.74. The molecule has 154 valence electrons. The van der Waals surface area contributed by atoms with Gasteiger partial charge in [0.1, 0.15) is 0 Å². The van der Waals surface area contributed by atoms with Gasteiger partial charge in [-0.25, -0.2) is 0 Å². The van der Waals surface area contributed by atoms with Gasteiger partial charge in [-0.1, -0.05) is 18.2 Å². The summed E-state index contributed by atoms with van der Waals surface area (Å²) in [5, 5.41) is 0. The normalized spacial score (nSPS) is 10.6. The van der Waals surface area contributed by atoms with Crippen LogP contribution >= 0.6 is 45.7 Å². The maximum atomic E-state index is 5.21. The minimum Gasteiger partial charge on any atom is -0.184 e. The molecule has 1 heterocycles. The second-order valence-electron chi connectivity index (χ2n) is 6.51. The molecule has 0 aliphatic carbocycles. The third-order valence-electron chi connectivity index (χ3n) is 4.32. The Morgan fingerprint density at radius 3 is 2.32 bits per heavy atom. The van der Waals surface area contributed by atoms with E-state index in [1.54, 1.807) is 7.11 Å². The first-order valence-corrected chi connectivity index (χ1v) is 11.8. The molecule has 1 aromatic heterocycles. The second kappa shape index (κ2) is 11.7. The van der Waals surface area contributed by atoms with Crippen molar-refractivity contribution in [3.05, 3.63) is 80.9 Å². The van der Waals surface area contributed by atoms with Gasteiger partial charge in [0, 0.05) is 52.3 Å². The van der Waals surface area contributed by atoms with Crippen LogP contribution in [0.3, 0.4) is 0 Å². The van der Waals surface area contributed by atoms with Gasteiger partial charge in [0.15, 0.2) is 0 Å². The van der Waals surface area contributed by atoms with Crippen molar-refractivity contribution in [3.63, 3.8) is 0 Å². The van der Waals surface area contributed by atoms with Gasteiger partial charge in [-0.3, -0.25) is 0 Å². The van der Waals surface area contributed by atoms with E-state index in [2.05, 4.69) is 132 Å². The van der Waals surface area contributed by atoms with Crippen LogP contribution in [-0.4, -0.2) is 17.6 Å². The van der Waals surface area contributed by atoms with E-state index in [1.165, 1.54) is 26.1 Å². The number of nitrogens with zero attached hydrogens (tertiary/aromatic N) is 3. The Morgan fingerprint density at radius 1 is 1.00 bits per heavy atom. The number of aromatic nitrogens is 2. The third kappa shape index (κ3) is 7.43. The van der Waals surface area contributed by atoms with Crippen LogP contribution in [0.25, 0.3) is 0 Å². The minimum absolute atomic E-state index is 0.872. The Labute approximate surface area is 206 Å². The van der Waals surface area contributed by atoms with E-state index in [9.17, 15) is 0 Å². The summed E-state index contributed by atoms with van der Waals surface area (Å²) in [5.74, 6) is 0.907. The molecule has 0 unspecified atom stereocenters. The van der Waals surface area contributed by atoms with Gasteiger partial charge in [-0.2, -0.15) is 1.33 Å². The number of rotatable bonds is 5. The summed E-state index contributed by atoms with van der Waals surface area (Å²) >= 11 is 6.90. The maximum Gasteiger partial charge on any atom is 0.0436 e. The van der Waals surface area contributed by atoms with E-state index < -0.39 is 0 Å². The molecule has 3 rings (SSSR count). The average molecular weight is 784 g/mol. The predicted octanol–water partition coefficient (Wildman–Crippen LogP) is 5.77. The molecule has 0 N–H and O–H groups in total. The van der Waals surface area contributed by atoms with Gasteiger partial charge in [0.05, 0.1) is 0 Å². The first kappa shape index (κ1) is 23.8. The van der Waals surface area contributed by atoms with E-state index in [1.807, 2.05) is 19.2 Å². The first-order chi connectivity index (χ1) is 13.3. The van der Waals surface area contributed by atoms with Crippen LogP contribution in [0.4, 0.5) is 0 Å². The smallest absolute Gasteiger partial charge is 0.0436 e. The molecule has 3 aromatic rings. The standard InChI is InChI=1S/C12H14N2O.C9H11I2N.Pt/c1-13-6-7-14(10-13)9-11-4-3-5-12(8-11)15-2;1-7-3-4-9(5-8(7)2)6-12(10)11;/h3-8H,9H2,1-2H3;3-5H,6H2,1-2H3;. The molecule has 0 radical (unpaired) electrons. The van der Waals surface area contributed by atoms with Gasteiger partial charge < -0.3 is 0 Å². The number of methoxy groups -OCH3 is 1. The Morgan fingerprint density at radius 2 is 1.75 bits per heavy atom. The van der Waals surface area contributed by atoms with E-state index >= 15 is 0 Å². The van der Waals surface area contributed by atoms with Crippen molar-refractivity contribution in [2.45, 2.75) is 26.9 Å². The molecule has 0 saturated carbocycles. The Hall–Kier alpha value is -0.442. The van der Waals surface area contributed by atoms with Crippen molar-refractivity contribution in [1.82, 2.24) is 10.5 Å². The number of halogens is 2. The van der Waals surface area contributed by atoms with Gasteiger partial charge in [-0.05, 0) is 30.5 Å². The van der Waals surface area contributed by atoms with Crippen LogP contribution in [0.2, 0.25) is 0 Å². The summed E-state index contributed by atoms with van der Waals surface area (Å²) in [4.78, 5) is 0. The average Bonchev–Trinajstić information content (AvgIpc) is 2.97. The van der Waals surface area contributed by atoms with Crippen molar-refractivity contribution in [2.75, 3.05) is 7.11 Å². The predicted molar refractivity (Wildman–Crippen MR) is 128 cm³/mol. The zero-order valence-corrected chi connectivity index (χ0v) is 23.0. The summed E-state index contributed by atoms with van der Waals surface area (Å²) in [6, 6.07) is 14.8. The molecule has 0 aliphatic rings. The maximum absolute atomic E-state index is 5.21. The molecule has 4 nitrogen and oxygen atoms in total. The van der Waals surface area contributed by atoms with Crippen LogP contribution < -0.4 is 4.74 Å². The monoisotopic (exact) mass is 784 g/mol. The molecule has 7 heteroatoms. The third-order valence-corrected chi connectivity index (χ3v) is 6.46. The summed E-state index contributed by atoms with van der Waals surface area (Å²) in [6.07, 6.45) is 4.14. The van der Waals surface area contributed by atoms with E-state index in [0.717, 1.165) is 18.8 Å². The number of benzene rings is 2. The SMILES string of the molecule is COc1cccc(Cn2ccn(C)[c]2=[Pt])c1.Cc1ccc(CN(I)I)cc1C. The molecular weight excluding hydrogens is 759 g/mol. The molecule has 28 heavy (non-hydrogen) atoms. The zero-order chi connectivity index (χ0) is 20.7. The topological polar surface area (TPSA) is 22.3 Å². The Kier molecular flexibility index (Phi) is 9.93. The minimum atomic E-state index is 0.872. The Bertz CT molecular complexity index is 966. The van der Waals surface area contributed by atoms with Gasteiger partial charge in [-0.15, -0.1) is 0 Å². The van der Waals surface area contributed by atoms with Crippen molar-refractivity contribution < 1.29 is 24.1 Å². The van der Waals surface area contributed by atoms with Crippen LogP contribution in [-0.2, 0) is 39.5 Å². The Balaban J connectivity index is 0.000000209. The fraction of sp³-hybridized carbons (Fsp3) is 0.286. The number of imidazole rings is 1. The second-order valence-corrected chi connectivity index (χ2v) is 11.7. The summed E-state index contributed by atoms with van der Waals surface area (Å²) in [6.45, 7) is 6.17. The van der Waals surface area contributed by atoms with Gasteiger partial charge in [0.25, 0.3) is 0 Å². The molecule has 0 saturated heterocycles. The van der Waals surface area contributed by atoms with E-state index in [-0.39, 0.29) is 0 Å². The molecule has 2 aromatic carbocycles. The first-order valence-electron chi connectivity index (χ1n) is 8.75. The largest absolute Gasteiger partial charge is 0.184 e. The molecule has 0 aliphatic heterocycles. The van der Waals surface area contributed by atoms with Crippen molar-refractivity contribution in [2.24, 2.45) is 7.05 Å². The van der Waals surface area contributed by atoms with Crippen molar-refractivity contribution in [1.29, 1.82) is 0 Å². The van der Waals surface area contributed by atoms with Crippen LogP contribution in [0.5, 0.6) is 5.75 Å². The van der Waals surface area contributed by atoms with Crippen molar-refractivity contribution in [3.8, 4) is 5.75 Å². The van der Waals surface area contributed by atoms with Crippen LogP contribution in [0, 0.1) is 17.7 Å². The molecule has 0 bridgehead atoms. The van der Waals surface area contributed by atoms with Crippen LogP contribution in [0.1, 0.15) is 22.3 Å². The van der Waals surface area contributed by atoms with Crippen LogP contribution in [0.15, 0.2) is 54.9 Å². The number of aryl methyl sites for hydroxylation is 3. The summed E-state index contributed by atoms with van der Waals surface area (Å²) in [5.41, 5.74) is 5.37. The van der Waals surface area contributed by atoms with Crippen molar-refractivity contribution >= 4 is 45.7 Å².